The predicted molar refractivity (Wildman–Crippen MR) is 97.4 cm³/mol. The number of aromatic nitrogens is 3. The zero-order chi connectivity index (χ0) is 18.5. The van der Waals surface area contributed by atoms with Crippen molar-refractivity contribution in [2.24, 2.45) is 0 Å². The Morgan fingerprint density at radius 1 is 1.26 bits per heavy atom. The fourth-order valence-corrected chi connectivity index (χ4v) is 3.71. The van der Waals surface area contributed by atoms with Crippen LogP contribution in [-0.2, 0) is 0 Å². The van der Waals surface area contributed by atoms with Gasteiger partial charge >= 0.3 is 6.03 Å². The summed E-state index contributed by atoms with van der Waals surface area (Å²) in [6, 6.07) is 5.01. The van der Waals surface area contributed by atoms with Gasteiger partial charge in [0.25, 0.3) is 6.01 Å². The lowest BCUT2D eigenvalue weighted by atomic mass is 10.3. The third-order valence-electron chi connectivity index (χ3n) is 5.26. The van der Waals surface area contributed by atoms with Crippen molar-refractivity contribution < 1.29 is 13.6 Å². The van der Waals surface area contributed by atoms with Crippen LogP contribution in [0.5, 0.6) is 0 Å². The van der Waals surface area contributed by atoms with Crippen LogP contribution in [0.25, 0.3) is 11.1 Å². The highest BCUT2D eigenvalue weighted by molar-refractivity contribution is 5.93. The molecule has 2 amide bonds. The minimum absolute atomic E-state index is 0.00121. The molecule has 2 aliphatic heterocycles. The number of nitrogens with zero attached hydrogens (tertiary/aromatic N) is 6. The summed E-state index contributed by atoms with van der Waals surface area (Å²) in [6.45, 7) is 2.88. The lowest BCUT2D eigenvalue weighted by molar-refractivity contribution is 0.229. The van der Waals surface area contributed by atoms with Crippen LogP contribution in [-0.4, -0.2) is 58.9 Å². The molecule has 0 saturated carbocycles. The summed E-state index contributed by atoms with van der Waals surface area (Å²) in [5.41, 5.74) is 1.92. The van der Waals surface area contributed by atoms with E-state index >= 15 is 0 Å². The SMILES string of the molecule is CN1CCN(c2cnn(C3CCN(c4nc5cc(F)ccc5o4)C3)c2)C1=O. The number of hydrogen-bond donors (Lipinski definition) is 0. The fraction of sp³-hybridized carbons (Fsp3) is 0.389. The van der Waals surface area contributed by atoms with E-state index in [1.165, 1.54) is 12.1 Å². The third kappa shape index (κ3) is 2.70. The standard InChI is InChI=1S/C18H19FN6O2/c1-22-6-7-24(18(22)26)14-9-20-25(11-14)13-4-5-23(10-13)17-21-15-8-12(19)2-3-16(15)27-17/h2-3,8-9,11,13H,4-7,10H2,1H3. The predicted octanol–water partition coefficient (Wildman–Crippen LogP) is 2.49. The summed E-state index contributed by atoms with van der Waals surface area (Å²) in [4.78, 5) is 22.0. The van der Waals surface area contributed by atoms with Crippen molar-refractivity contribution in [3.05, 3.63) is 36.4 Å². The summed E-state index contributed by atoms with van der Waals surface area (Å²) < 4.78 is 21.0. The second kappa shape index (κ2) is 5.97. The Morgan fingerprint density at radius 2 is 2.15 bits per heavy atom. The van der Waals surface area contributed by atoms with Crippen LogP contribution in [0.15, 0.2) is 35.0 Å². The molecule has 5 rings (SSSR count). The molecule has 2 aliphatic rings. The molecule has 8 nitrogen and oxygen atoms in total. The maximum Gasteiger partial charge on any atom is 0.324 e. The molecular weight excluding hydrogens is 351 g/mol. The molecule has 2 saturated heterocycles. The molecule has 0 N–H and O–H groups in total. The second-order valence-corrected chi connectivity index (χ2v) is 7.03. The monoisotopic (exact) mass is 370 g/mol. The average molecular weight is 370 g/mol. The summed E-state index contributed by atoms with van der Waals surface area (Å²) in [7, 11) is 1.80. The number of benzene rings is 1. The van der Waals surface area contributed by atoms with E-state index < -0.39 is 0 Å². The van der Waals surface area contributed by atoms with Gasteiger partial charge in [-0.1, -0.05) is 0 Å². The maximum absolute atomic E-state index is 13.4. The molecule has 2 fully saturated rings. The van der Waals surface area contributed by atoms with Crippen molar-refractivity contribution in [1.29, 1.82) is 0 Å². The zero-order valence-electron chi connectivity index (χ0n) is 14.9. The van der Waals surface area contributed by atoms with Crippen molar-refractivity contribution >= 4 is 28.8 Å². The lowest BCUT2D eigenvalue weighted by Gasteiger charge is -2.15. The Bertz CT molecular complexity index is 1010. The number of halogens is 1. The molecule has 1 unspecified atom stereocenters. The van der Waals surface area contributed by atoms with Gasteiger partial charge in [0.1, 0.15) is 11.3 Å². The van der Waals surface area contributed by atoms with Gasteiger partial charge in [0.15, 0.2) is 5.58 Å². The Labute approximate surface area is 154 Å². The van der Waals surface area contributed by atoms with Crippen molar-refractivity contribution in [3.8, 4) is 0 Å². The van der Waals surface area contributed by atoms with Gasteiger partial charge in [-0.05, 0) is 18.6 Å². The zero-order valence-corrected chi connectivity index (χ0v) is 14.9. The van der Waals surface area contributed by atoms with Crippen molar-refractivity contribution in [2.45, 2.75) is 12.5 Å². The van der Waals surface area contributed by atoms with Crippen LogP contribution in [0.3, 0.4) is 0 Å². The first-order valence-corrected chi connectivity index (χ1v) is 8.96. The van der Waals surface area contributed by atoms with Crippen LogP contribution < -0.4 is 9.80 Å². The van der Waals surface area contributed by atoms with Gasteiger partial charge in [-0.3, -0.25) is 9.58 Å². The smallest absolute Gasteiger partial charge is 0.324 e. The van der Waals surface area contributed by atoms with E-state index in [0.717, 1.165) is 25.2 Å². The van der Waals surface area contributed by atoms with E-state index in [-0.39, 0.29) is 17.9 Å². The molecule has 2 aromatic heterocycles. The quantitative estimate of drug-likeness (QED) is 0.708. The van der Waals surface area contributed by atoms with Crippen LogP contribution in [0, 0.1) is 5.82 Å². The Morgan fingerprint density at radius 3 is 2.96 bits per heavy atom. The number of carbonyl (C=O) groups is 1. The Kier molecular flexibility index (Phi) is 3.56. The first kappa shape index (κ1) is 16.1. The highest BCUT2D eigenvalue weighted by atomic mass is 19.1. The lowest BCUT2D eigenvalue weighted by Crippen LogP contribution is -2.28. The molecule has 1 aromatic carbocycles. The van der Waals surface area contributed by atoms with E-state index in [1.807, 2.05) is 15.8 Å². The van der Waals surface area contributed by atoms with Crippen molar-refractivity contribution in [2.75, 3.05) is 43.0 Å². The molecule has 27 heavy (non-hydrogen) atoms. The van der Waals surface area contributed by atoms with E-state index in [4.69, 9.17) is 4.42 Å². The normalized spacial score (nSPS) is 20.4. The van der Waals surface area contributed by atoms with Crippen LogP contribution in [0.1, 0.15) is 12.5 Å². The molecule has 1 atom stereocenters. The molecule has 4 heterocycles. The van der Waals surface area contributed by atoms with Crippen molar-refractivity contribution in [3.63, 3.8) is 0 Å². The highest BCUT2D eigenvalue weighted by Gasteiger charge is 2.31. The number of rotatable bonds is 3. The topological polar surface area (TPSA) is 70.6 Å². The van der Waals surface area contributed by atoms with Gasteiger partial charge in [-0.15, -0.1) is 0 Å². The first-order chi connectivity index (χ1) is 13.1. The summed E-state index contributed by atoms with van der Waals surface area (Å²) in [6.07, 6.45) is 4.55. The minimum Gasteiger partial charge on any atom is -0.423 e. The minimum atomic E-state index is -0.326. The van der Waals surface area contributed by atoms with Gasteiger partial charge in [0.2, 0.25) is 0 Å². The number of urea groups is 1. The Hall–Kier alpha value is -3.10. The van der Waals surface area contributed by atoms with Crippen LogP contribution in [0.2, 0.25) is 0 Å². The van der Waals surface area contributed by atoms with Crippen LogP contribution in [0.4, 0.5) is 20.9 Å². The molecule has 9 heteroatoms. The molecule has 0 bridgehead atoms. The maximum atomic E-state index is 13.4. The number of carbonyl (C=O) groups excluding carboxylic acids is 1. The number of oxazole rings is 1. The molecule has 0 aliphatic carbocycles. The van der Waals surface area contributed by atoms with Gasteiger partial charge in [-0.2, -0.15) is 10.1 Å². The number of anilines is 2. The number of hydrogen-bond acceptors (Lipinski definition) is 5. The van der Waals surface area contributed by atoms with Gasteiger partial charge in [0.05, 0.1) is 17.9 Å². The molecule has 0 spiro atoms. The molecule has 140 valence electrons. The van der Waals surface area contributed by atoms with Crippen LogP contribution >= 0.6 is 0 Å². The first-order valence-electron chi connectivity index (χ1n) is 8.96. The Balaban J connectivity index is 1.32. The fourth-order valence-electron chi connectivity index (χ4n) is 3.71. The molecule has 3 aromatic rings. The number of likely N-dealkylation sites (N-methyl/N-ethyl adjacent to an activating group) is 1. The largest absolute Gasteiger partial charge is 0.423 e. The summed E-state index contributed by atoms with van der Waals surface area (Å²) >= 11 is 0. The van der Waals surface area contributed by atoms with Gasteiger partial charge < -0.3 is 14.2 Å². The molecule has 0 radical (unpaired) electrons. The van der Waals surface area contributed by atoms with E-state index in [9.17, 15) is 9.18 Å². The second-order valence-electron chi connectivity index (χ2n) is 7.03. The average Bonchev–Trinajstić information content (AvgIpc) is 3.41. The van der Waals surface area contributed by atoms with Gasteiger partial charge in [0, 0.05) is 45.5 Å². The number of fused-ring (bicyclic) bond motifs is 1. The summed E-state index contributed by atoms with van der Waals surface area (Å²) in [5, 5.41) is 4.46. The summed E-state index contributed by atoms with van der Waals surface area (Å²) in [5.74, 6) is -0.326. The van der Waals surface area contributed by atoms with E-state index in [0.29, 0.717) is 30.2 Å². The van der Waals surface area contributed by atoms with E-state index in [2.05, 4.69) is 10.1 Å². The van der Waals surface area contributed by atoms with E-state index in [1.54, 1.807) is 29.1 Å². The highest BCUT2D eigenvalue weighted by Crippen LogP contribution is 2.30. The van der Waals surface area contributed by atoms with Crippen molar-refractivity contribution in [1.82, 2.24) is 19.7 Å². The molecular formula is C18H19FN6O2. The number of amides is 2. The third-order valence-corrected chi connectivity index (χ3v) is 5.26. The van der Waals surface area contributed by atoms with Gasteiger partial charge in [-0.25, -0.2) is 9.18 Å².